The van der Waals surface area contributed by atoms with Crippen LogP contribution in [0.4, 0.5) is 17.1 Å². The maximum atomic E-state index is 6.26. The van der Waals surface area contributed by atoms with E-state index < -0.39 is 8.07 Å². The molecule has 0 spiro atoms. The molecule has 0 bridgehead atoms. The fraction of sp³-hybridized carbons (Fsp3) is 0.0588. The summed E-state index contributed by atoms with van der Waals surface area (Å²) in [6.45, 7) is 6.91. The van der Waals surface area contributed by atoms with Crippen LogP contribution in [0.3, 0.4) is 0 Å². The molecule has 0 saturated carbocycles. The lowest BCUT2D eigenvalue weighted by Crippen LogP contribution is -2.78. The van der Waals surface area contributed by atoms with Crippen LogP contribution < -0.4 is 42.0 Å². The number of hydrogen-bond acceptors (Lipinski definition) is 2. The third-order valence-corrected chi connectivity index (χ3v) is 17.1. The van der Waals surface area contributed by atoms with Gasteiger partial charge in [0.05, 0.1) is 0 Å². The maximum Gasteiger partial charge on any atom is 0.247 e. The molecular weight excluding hydrogens is 681 g/mol. The van der Waals surface area contributed by atoms with Crippen molar-refractivity contribution in [3.8, 4) is 11.1 Å². The fourth-order valence-corrected chi connectivity index (χ4v) is 15.3. The third kappa shape index (κ3) is 4.55. The largest absolute Gasteiger partial charge is 0.456 e. The van der Waals surface area contributed by atoms with Gasteiger partial charge in [-0.25, -0.2) is 0 Å². The monoisotopic (exact) mass is 719 g/mol. The molecule has 2 nitrogen and oxygen atoms in total. The molecule has 0 saturated heterocycles. The van der Waals surface area contributed by atoms with Gasteiger partial charge in [-0.2, -0.15) is 0 Å². The molecule has 4 heteroatoms. The minimum atomic E-state index is -2.87. The van der Waals surface area contributed by atoms with Crippen LogP contribution in [-0.4, -0.2) is 14.8 Å². The maximum absolute atomic E-state index is 6.26. The second kappa shape index (κ2) is 12.1. The zero-order chi connectivity index (χ0) is 36.8. The van der Waals surface area contributed by atoms with Crippen molar-refractivity contribution in [3.63, 3.8) is 0 Å². The first-order chi connectivity index (χ1) is 27.0. The number of para-hydroxylation sites is 3. The lowest BCUT2D eigenvalue weighted by Gasteiger charge is -2.49. The molecular formula is C51H38BNOSi. The average molecular weight is 720 g/mol. The Hall–Kier alpha value is -6.36. The predicted octanol–water partition coefficient (Wildman–Crippen LogP) is 8.17. The molecule has 260 valence electrons. The third-order valence-electron chi connectivity index (χ3n) is 12.3. The first-order valence-corrected chi connectivity index (χ1v) is 21.3. The van der Waals surface area contributed by atoms with Crippen LogP contribution in [0.25, 0.3) is 33.1 Å². The van der Waals surface area contributed by atoms with Gasteiger partial charge in [-0.1, -0.05) is 168 Å². The average Bonchev–Trinajstić information content (AvgIpc) is 3.60. The molecule has 9 aromatic rings. The Balaban J connectivity index is 1.26. The summed E-state index contributed by atoms with van der Waals surface area (Å²) < 4.78 is 6.26. The summed E-state index contributed by atoms with van der Waals surface area (Å²) in [4.78, 5) is 2.62. The number of hydrogen-bond donors (Lipinski definition) is 0. The summed E-state index contributed by atoms with van der Waals surface area (Å²) in [7, 11) is -2.87. The Labute approximate surface area is 323 Å². The first kappa shape index (κ1) is 32.1. The summed E-state index contributed by atoms with van der Waals surface area (Å²) in [5.74, 6) is 0. The number of fused-ring (bicyclic) bond motifs is 7. The van der Waals surface area contributed by atoms with Gasteiger partial charge in [0, 0.05) is 27.8 Å². The van der Waals surface area contributed by atoms with Gasteiger partial charge in [0.1, 0.15) is 11.2 Å². The van der Waals surface area contributed by atoms with Crippen LogP contribution in [0.1, 0.15) is 16.7 Å². The van der Waals surface area contributed by atoms with Gasteiger partial charge in [0.2, 0.25) is 6.71 Å². The van der Waals surface area contributed by atoms with Gasteiger partial charge in [-0.3, -0.25) is 0 Å². The highest BCUT2D eigenvalue weighted by molar-refractivity contribution is 7.22. The van der Waals surface area contributed by atoms with E-state index in [0.717, 1.165) is 21.9 Å². The fourth-order valence-electron chi connectivity index (χ4n) is 10.2. The minimum absolute atomic E-state index is 0.0998. The highest BCUT2D eigenvalue weighted by Crippen LogP contribution is 2.42. The molecule has 2 aliphatic rings. The molecule has 1 aromatic heterocycles. The molecule has 0 radical (unpaired) electrons. The van der Waals surface area contributed by atoms with Gasteiger partial charge < -0.3 is 9.32 Å². The molecule has 0 aliphatic carbocycles. The molecule has 55 heavy (non-hydrogen) atoms. The quantitative estimate of drug-likeness (QED) is 0.171. The molecule has 0 unspecified atom stereocenters. The Bertz CT molecular complexity index is 2920. The number of anilines is 3. The summed E-state index contributed by atoms with van der Waals surface area (Å²) in [5.41, 5.74) is 16.2. The van der Waals surface area contributed by atoms with Crippen molar-refractivity contribution < 1.29 is 4.42 Å². The highest BCUT2D eigenvalue weighted by Gasteiger charge is 2.52. The number of nitrogens with zero attached hydrogens (tertiary/aromatic N) is 1. The van der Waals surface area contributed by atoms with Crippen molar-refractivity contribution in [2.24, 2.45) is 0 Å². The molecule has 0 amide bonds. The van der Waals surface area contributed by atoms with Crippen molar-refractivity contribution in [1.82, 2.24) is 0 Å². The van der Waals surface area contributed by atoms with E-state index in [0.29, 0.717) is 0 Å². The summed E-state index contributed by atoms with van der Waals surface area (Å²) in [6.07, 6.45) is 0. The normalized spacial score (nSPS) is 13.8. The van der Waals surface area contributed by atoms with Gasteiger partial charge in [0.15, 0.2) is 8.07 Å². The van der Waals surface area contributed by atoms with E-state index in [9.17, 15) is 0 Å². The van der Waals surface area contributed by atoms with E-state index in [4.69, 9.17) is 4.42 Å². The Morgan fingerprint density at radius 2 is 1.09 bits per heavy atom. The second-order valence-electron chi connectivity index (χ2n) is 15.4. The van der Waals surface area contributed by atoms with Crippen LogP contribution in [0.5, 0.6) is 0 Å². The van der Waals surface area contributed by atoms with Crippen molar-refractivity contribution in [2.75, 3.05) is 4.90 Å². The Morgan fingerprint density at radius 1 is 0.473 bits per heavy atom. The van der Waals surface area contributed by atoms with Crippen molar-refractivity contribution in [1.29, 1.82) is 0 Å². The first-order valence-electron chi connectivity index (χ1n) is 19.3. The Morgan fingerprint density at radius 3 is 1.85 bits per heavy atom. The van der Waals surface area contributed by atoms with Gasteiger partial charge >= 0.3 is 0 Å². The topological polar surface area (TPSA) is 16.4 Å². The predicted molar refractivity (Wildman–Crippen MR) is 236 cm³/mol. The van der Waals surface area contributed by atoms with Crippen LogP contribution in [0, 0.1) is 20.8 Å². The molecule has 11 rings (SSSR count). The number of aryl methyl sites for hydroxylation is 3. The Kier molecular flexibility index (Phi) is 7.05. The van der Waals surface area contributed by atoms with E-state index in [1.54, 1.807) is 0 Å². The lowest BCUT2D eigenvalue weighted by molar-refractivity contribution is 0.669. The molecule has 2 aliphatic heterocycles. The highest BCUT2D eigenvalue weighted by atomic mass is 28.3. The van der Waals surface area contributed by atoms with Crippen LogP contribution in [0.15, 0.2) is 180 Å². The molecule has 8 aromatic carbocycles. The van der Waals surface area contributed by atoms with Gasteiger partial charge in [-0.15, -0.1) is 0 Å². The van der Waals surface area contributed by atoms with E-state index in [2.05, 4.69) is 196 Å². The summed E-state index contributed by atoms with van der Waals surface area (Å²) >= 11 is 0. The second-order valence-corrected chi connectivity index (χ2v) is 19.1. The molecule has 0 N–H and O–H groups in total. The van der Waals surface area contributed by atoms with Crippen molar-refractivity contribution in [3.05, 3.63) is 193 Å². The number of benzene rings is 8. The summed E-state index contributed by atoms with van der Waals surface area (Å²) in [5, 5.41) is 7.93. The van der Waals surface area contributed by atoms with Crippen LogP contribution in [0.2, 0.25) is 0 Å². The van der Waals surface area contributed by atoms with Crippen molar-refractivity contribution >= 4 is 90.9 Å². The van der Waals surface area contributed by atoms with Crippen molar-refractivity contribution in [2.45, 2.75) is 20.8 Å². The SMILES string of the molecule is Cc1cc(C)c(B2c3ccccc3N3c4cc(-c5ccc6oc7ccccc7c6c5)ccc4[Si](c4ccccc4)(c4ccccc4)c4cccc2c43)c(C)c1. The lowest BCUT2D eigenvalue weighted by atomic mass is 9.34. The summed E-state index contributed by atoms with van der Waals surface area (Å²) in [6, 6.07) is 66.1. The van der Waals surface area contributed by atoms with Crippen LogP contribution >= 0.6 is 0 Å². The number of rotatable bonds is 4. The van der Waals surface area contributed by atoms with E-state index in [-0.39, 0.29) is 6.71 Å². The van der Waals surface area contributed by atoms with Gasteiger partial charge in [-0.05, 0) is 93.9 Å². The number of furan rings is 1. The minimum Gasteiger partial charge on any atom is -0.456 e. The molecule has 0 fully saturated rings. The zero-order valence-corrected chi connectivity index (χ0v) is 32.2. The smallest absolute Gasteiger partial charge is 0.247 e. The standard InChI is InChI=1S/C51H38BNOSi/c1-33-29-34(2)50(35(3)30-33)52-42-20-11-12-22-44(42)53-45-32-37(36-25-27-47-41(31-36)40-19-10-13-23-46(40)54-47)26-28-48(45)55(38-15-6-4-7-16-38,39-17-8-5-9-18-39)49-24-14-21-43(52)51(49)53/h4-32H,1-3H3. The van der Waals surface area contributed by atoms with Crippen LogP contribution in [-0.2, 0) is 0 Å². The molecule has 3 heterocycles. The van der Waals surface area contributed by atoms with E-state index in [1.807, 2.05) is 6.07 Å². The zero-order valence-electron chi connectivity index (χ0n) is 31.2. The van der Waals surface area contributed by atoms with Gasteiger partial charge in [0.25, 0.3) is 0 Å². The van der Waals surface area contributed by atoms with E-state index >= 15 is 0 Å². The molecule has 0 atom stereocenters. The van der Waals surface area contributed by atoms with E-state index in [1.165, 1.54) is 82.0 Å².